The lowest BCUT2D eigenvalue weighted by Crippen LogP contribution is -2.42. The molecule has 84 valence electrons. The van der Waals surface area contributed by atoms with Gasteiger partial charge in [-0.05, 0) is 19.8 Å². The number of anilines is 1. The van der Waals surface area contributed by atoms with E-state index >= 15 is 0 Å². The molecule has 15 heavy (non-hydrogen) atoms. The zero-order valence-corrected chi connectivity index (χ0v) is 9.37. The summed E-state index contributed by atoms with van der Waals surface area (Å²) >= 11 is 5.57. The highest BCUT2D eigenvalue weighted by Crippen LogP contribution is 2.24. The predicted octanol–water partition coefficient (Wildman–Crippen LogP) is 1.16. The van der Waals surface area contributed by atoms with Crippen LogP contribution in [0.5, 0.6) is 0 Å². The number of aliphatic hydroxyl groups is 1. The summed E-state index contributed by atoms with van der Waals surface area (Å²) in [6, 6.07) is 0.501. The molecule has 1 N–H and O–H groups in total. The maximum Gasteiger partial charge on any atom is 0.318 e. The van der Waals surface area contributed by atoms with Crippen LogP contribution in [0.15, 0.2) is 4.42 Å². The van der Waals surface area contributed by atoms with E-state index in [1.807, 2.05) is 11.8 Å². The van der Waals surface area contributed by atoms with E-state index in [4.69, 9.17) is 16.0 Å². The second-order valence-electron chi connectivity index (χ2n) is 4.10. The lowest BCUT2D eigenvalue weighted by molar-refractivity contribution is 0.0343. The van der Waals surface area contributed by atoms with Crippen molar-refractivity contribution in [3.05, 3.63) is 5.89 Å². The van der Waals surface area contributed by atoms with Crippen LogP contribution < -0.4 is 4.90 Å². The highest BCUT2D eigenvalue weighted by Gasteiger charge is 2.29. The van der Waals surface area contributed by atoms with Gasteiger partial charge in [-0.25, -0.2) is 0 Å². The number of hydrogen-bond donors (Lipinski definition) is 1. The first kappa shape index (κ1) is 10.7. The van der Waals surface area contributed by atoms with Crippen LogP contribution in [0.3, 0.4) is 0 Å². The minimum Gasteiger partial charge on any atom is -0.407 e. The Morgan fingerprint density at radius 2 is 2.13 bits per heavy atom. The summed E-state index contributed by atoms with van der Waals surface area (Å²) in [5.74, 6) is 0.669. The fourth-order valence-electron chi connectivity index (χ4n) is 1.61. The summed E-state index contributed by atoms with van der Waals surface area (Å²) in [6.45, 7) is 3.32. The Morgan fingerprint density at radius 1 is 1.47 bits per heavy atom. The average Bonchev–Trinajstić information content (AvgIpc) is 2.66. The van der Waals surface area contributed by atoms with Crippen molar-refractivity contribution in [2.24, 2.45) is 0 Å². The summed E-state index contributed by atoms with van der Waals surface area (Å²) in [5.41, 5.74) is -0.564. The van der Waals surface area contributed by atoms with Gasteiger partial charge in [-0.15, -0.1) is 16.7 Å². The van der Waals surface area contributed by atoms with E-state index in [9.17, 15) is 5.11 Å². The van der Waals surface area contributed by atoms with E-state index in [0.29, 0.717) is 24.7 Å². The van der Waals surface area contributed by atoms with Gasteiger partial charge in [-0.2, -0.15) is 0 Å². The van der Waals surface area contributed by atoms with Crippen LogP contribution in [0.25, 0.3) is 0 Å². The Hall–Kier alpha value is -0.810. The average molecular weight is 232 g/mol. The molecule has 1 aromatic heterocycles. The summed E-state index contributed by atoms with van der Waals surface area (Å²) in [5, 5.41) is 17.5. The molecule has 0 unspecified atom stereocenters. The molecular weight excluding hydrogens is 218 g/mol. The molecule has 0 aliphatic carbocycles. The van der Waals surface area contributed by atoms with E-state index in [2.05, 4.69) is 10.2 Å². The summed E-state index contributed by atoms with van der Waals surface area (Å²) in [7, 11) is 0. The van der Waals surface area contributed by atoms with E-state index in [-0.39, 0.29) is 5.88 Å². The molecule has 1 aliphatic heterocycles. The zero-order chi connectivity index (χ0) is 10.9. The molecule has 5 nitrogen and oxygen atoms in total. The molecule has 0 spiro atoms. The molecular formula is C9H14ClN3O2. The summed E-state index contributed by atoms with van der Waals surface area (Å²) < 4.78 is 5.33. The first-order valence-corrected chi connectivity index (χ1v) is 5.50. The fraction of sp³-hybridized carbons (Fsp3) is 0.778. The topological polar surface area (TPSA) is 62.4 Å². The molecule has 0 aromatic carbocycles. The van der Waals surface area contributed by atoms with Crippen LogP contribution in [-0.4, -0.2) is 34.0 Å². The Balaban J connectivity index is 2.01. The smallest absolute Gasteiger partial charge is 0.318 e. The number of hydrogen-bond acceptors (Lipinski definition) is 5. The lowest BCUT2D eigenvalue weighted by Gasteiger charge is -2.34. The first-order chi connectivity index (χ1) is 7.11. The van der Waals surface area contributed by atoms with Crippen LogP contribution in [0, 0.1) is 0 Å². The van der Waals surface area contributed by atoms with E-state index in [1.54, 1.807) is 0 Å². The first-order valence-electron chi connectivity index (χ1n) is 4.96. The molecule has 0 amide bonds. The van der Waals surface area contributed by atoms with Crippen LogP contribution in [0.4, 0.5) is 6.01 Å². The van der Waals surface area contributed by atoms with Crippen molar-refractivity contribution >= 4 is 17.6 Å². The standard InChI is InChI=1S/C9H14ClN3O2/c1-9(14)2-4-13(5-3-9)8-12-11-7(6-10)15-8/h14H,2-6H2,1H3. The Kier molecular flexibility index (Phi) is 2.84. The molecule has 0 atom stereocenters. The molecule has 1 fully saturated rings. The van der Waals surface area contributed by atoms with Crippen molar-refractivity contribution in [1.82, 2.24) is 10.2 Å². The summed E-state index contributed by atoms with van der Waals surface area (Å²) in [6.07, 6.45) is 1.43. The highest BCUT2D eigenvalue weighted by molar-refractivity contribution is 6.16. The molecule has 1 aromatic rings. The number of alkyl halides is 1. The van der Waals surface area contributed by atoms with Crippen LogP contribution >= 0.6 is 11.6 Å². The van der Waals surface area contributed by atoms with Gasteiger partial charge in [0.2, 0.25) is 5.89 Å². The van der Waals surface area contributed by atoms with Gasteiger partial charge in [0.25, 0.3) is 0 Å². The fourth-order valence-corrected chi connectivity index (χ4v) is 1.71. The molecule has 2 rings (SSSR count). The second kappa shape index (κ2) is 3.98. The Morgan fingerprint density at radius 3 is 2.67 bits per heavy atom. The highest BCUT2D eigenvalue weighted by atomic mass is 35.5. The quantitative estimate of drug-likeness (QED) is 0.774. The van der Waals surface area contributed by atoms with Gasteiger partial charge in [0.05, 0.1) is 5.60 Å². The Labute approximate surface area is 93.0 Å². The maximum absolute atomic E-state index is 9.78. The maximum atomic E-state index is 9.78. The monoisotopic (exact) mass is 231 g/mol. The number of aromatic nitrogens is 2. The molecule has 0 radical (unpaired) electrons. The van der Waals surface area contributed by atoms with Crippen LogP contribution in [-0.2, 0) is 5.88 Å². The van der Waals surface area contributed by atoms with Crippen molar-refractivity contribution < 1.29 is 9.52 Å². The zero-order valence-electron chi connectivity index (χ0n) is 8.61. The third kappa shape index (κ3) is 2.41. The number of rotatable bonds is 2. The van der Waals surface area contributed by atoms with E-state index < -0.39 is 5.60 Å². The van der Waals surface area contributed by atoms with E-state index in [0.717, 1.165) is 13.1 Å². The van der Waals surface area contributed by atoms with Crippen molar-refractivity contribution in [2.75, 3.05) is 18.0 Å². The van der Waals surface area contributed by atoms with Crippen molar-refractivity contribution in [3.63, 3.8) is 0 Å². The molecule has 2 heterocycles. The van der Waals surface area contributed by atoms with Gasteiger partial charge in [-0.1, -0.05) is 5.10 Å². The number of nitrogens with zero attached hydrogens (tertiary/aromatic N) is 3. The van der Waals surface area contributed by atoms with Gasteiger partial charge in [-0.3, -0.25) is 0 Å². The predicted molar refractivity (Wildman–Crippen MR) is 55.9 cm³/mol. The van der Waals surface area contributed by atoms with Crippen LogP contribution in [0.2, 0.25) is 0 Å². The largest absolute Gasteiger partial charge is 0.407 e. The lowest BCUT2D eigenvalue weighted by atomic mass is 9.94. The Bertz CT molecular complexity index is 330. The van der Waals surface area contributed by atoms with Gasteiger partial charge < -0.3 is 14.4 Å². The molecule has 0 saturated carbocycles. The van der Waals surface area contributed by atoms with Gasteiger partial charge in [0, 0.05) is 13.1 Å². The molecule has 1 saturated heterocycles. The normalized spacial score (nSPS) is 20.6. The molecule has 0 bridgehead atoms. The number of piperidine rings is 1. The third-order valence-corrected chi connectivity index (χ3v) is 2.91. The SMILES string of the molecule is CC1(O)CCN(c2nnc(CCl)o2)CC1. The van der Waals surface area contributed by atoms with Crippen LogP contribution in [0.1, 0.15) is 25.7 Å². The summed E-state index contributed by atoms with van der Waals surface area (Å²) in [4.78, 5) is 1.97. The van der Waals surface area contributed by atoms with Gasteiger partial charge >= 0.3 is 6.01 Å². The van der Waals surface area contributed by atoms with Gasteiger partial charge in [0.15, 0.2) is 0 Å². The minimum atomic E-state index is -0.564. The third-order valence-electron chi connectivity index (χ3n) is 2.68. The van der Waals surface area contributed by atoms with Crippen molar-refractivity contribution in [3.8, 4) is 0 Å². The molecule has 1 aliphatic rings. The van der Waals surface area contributed by atoms with Crippen molar-refractivity contribution in [2.45, 2.75) is 31.2 Å². The minimum absolute atomic E-state index is 0.235. The molecule has 6 heteroatoms. The second-order valence-corrected chi connectivity index (χ2v) is 4.36. The number of halogens is 1. The van der Waals surface area contributed by atoms with E-state index in [1.165, 1.54) is 0 Å². The van der Waals surface area contributed by atoms with Gasteiger partial charge in [0.1, 0.15) is 5.88 Å². The van der Waals surface area contributed by atoms with Crippen molar-refractivity contribution in [1.29, 1.82) is 0 Å².